The Morgan fingerprint density at radius 1 is 1.50 bits per heavy atom. The number of aromatic amines is 1. The van der Waals surface area contributed by atoms with Crippen molar-refractivity contribution in [2.45, 2.75) is 32.1 Å². The van der Waals surface area contributed by atoms with Crippen molar-refractivity contribution in [1.82, 2.24) is 30.0 Å². The van der Waals surface area contributed by atoms with Gasteiger partial charge < -0.3 is 4.90 Å². The summed E-state index contributed by atoms with van der Waals surface area (Å²) in [6.45, 7) is 4.01. The molecule has 0 spiro atoms. The van der Waals surface area contributed by atoms with Gasteiger partial charge in [0.2, 0.25) is 5.13 Å². The Balaban J connectivity index is 1.74. The minimum atomic E-state index is 0.339. The van der Waals surface area contributed by atoms with Gasteiger partial charge in [0.25, 0.3) is 0 Å². The highest BCUT2D eigenvalue weighted by Gasteiger charge is 2.26. The van der Waals surface area contributed by atoms with Crippen LogP contribution in [0.5, 0.6) is 0 Å². The summed E-state index contributed by atoms with van der Waals surface area (Å²) < 4.78 is 4.34. The van der Waals surface area contributed by atoms with Crippen LogP contribution >= 0.6 is 11.5 Å². The molecule has 2 aromatic rings. The standard InChI is InChI=1S/C10H15N7S/c1-2-8-11-10(18-14-8)17-5-3-4-7(6-17)9-12-15-16-13-9/h7H,2-6H2,1H3,(H,12,13,15,16). The number of rotatable bonds is 3. The lowest BCUT2D eigenvalue weighted by atomic mass is 9.98. The van der Waals surface area contributed by atoms with Crippen LogP contribution in [0.4, 0.5) is 5.13 Å². The lowest BCUT2D eigenvalue weighted by Crippen LogP contribution is -2.34. The first kappa shape index (κ1) is 11.5. The van der Waals surface area contributed by atoms with Gasteiger partial charge in [-0.15, -0.1) is 10.2 Å². The molecule has 0 saturated carbocycles. The van der Waals surface area contributed by atoms with E-state index >= 15 is 0 Å². The normalized spacial score (nSPS) is 20.3. The lowest BCUT2D eigenvalue weighted by Gasteiger charge is -2.30. The maximum atomic E-state index is 4.54. The van der Waals surface area contributed by atoms with Gasteiger partial charge in [0.05, 0.1) is 0 Å². The number of nitrogens with zero attached hydrogens (tertiary/aromatic N) is 6. The smallest absolute Gasteiger partial charge is 0.205 e. The molecule has 1 aliphatic rings. The molecule has 1 saturated heterocycles. The van der Waals surface area contributed by atoms with Crippen LogP contribution in [0.3, 0.4) is 0 Å². The number of hydrogen-bond acceptors (Lipinski definition) is 7. The summed E-state index contributed by atoms with van der Waals surface area (Å²) in [6.07, 6.45) is 3.12. The first-order valence-corrected chi connectivity index (χ1v) is 6.95. The number of aryl methyl sites for hydroxylation is 1. The molecular weight excluding hydrogens is 250 g/mol. The van der Waals surface area contributed by atoms with Gasteiger partial charge in [-0.25, -0.2) is 4.98 Å². The zero-order chi connectivity index (χ0) is 12.4. The molecule has 1 unspecified atom stereocenters. The van der Waals surface area contributed by atoms with E-state index in [9.17, 15) is 0 Å². The Morgan fingerprint density at radius 2 is 2.44 bits per heavy atom. The van der Waals surface area contributed by atoms with E-state index in [1.165, 1.54) is 11.5 Å². The predicted molar refractivity (Wildman–Crippen MR) is 67.7 cm³/mol. The molecule has 1 N–H and O–H groups in total. The minimum Gasteiger partial charge on any atom is -0.346 e. The molecular formula is C10H15N7S. The summed E-state index contributed by atoms with van der Waals surface area (Å²) in [7, 11) is 0. The topological polar surface area (TPSA) is 83.5 Å². The molecule has 0 aromatic carbocycles. The molecule has 18 heavy (non-hydrogen) atoms. The lowest BCUT2D eigenvalue weighted by molar-refractivity contribution is 0.491. The van der Waals surface area contributed by atoms with Gasteiger partial charge in [0.1, 0.15) is 5.82 Å². The van der Waals surface area contributed by atoms with Crippen molar-refractivity contribution < 1.29 is 0 Å². The second-order valence-corrected chi connectivity index (χ2v) is 5.13. The van der Waals surface area contributed by atoms with E-state index in [-0.39, 0.29) is 0 Å². The van der Waals surface area contributed by atoms with Crippen LogP contribution in [0, 0.1) is 0 Å². The van der Waals surface area contributed by atoms with E-state index in [0.29, 0.717) is 5.92 Å². The largest absolute Gasteiger partial charge is 0.346 e. The van der Waals surface area contributed by atoms with Gasteiger partial charge in [-0.1, -0.05) is 12.1 Å². The average Bonchev–Trinajstić information content (AvgIpc) is 3.10. The van der Waals surface area contributed by atoms with Crippen molar-refractivity contribution in [3.63, 3.8) is 0 Å². The van der Waals surface area contributed by atoms with Gasteiger partial charge in [0.15, 0.2) is 5.82 Å². The maximum Gasteiger partial charge on any atom is 0.205 e. The molecule has 0 aliphatic carbocycles. The van der Waals surface area contributed by atoms with Crippen molar-refractivity contribution in [2.24, 2.45) is 0 Å². The van der Waals surface area contributed by atoms with Crippen molar-refractivity contribution in [1.29, 1.82) is 0 Å². The fraction of sp³-hybridized carbons (Fsp3) is 0.700. The molecule has 0 bridgehead atoms. The molecule has 0 amide bonds. The van der Waals surface area contributed by atoms with E-state index in [0.717, 1.165) is 49.1 Å². The highest BCUT2D eigenvalue weighted by molar-refractivity contribution is 7.09. The minimum absolute atomic E-state index is 0.339. The first-order chi connectivity index (χ1) is 8.86. The molecule has 1 fully saturated rings. The average molecular weight is 265 g/mol. The summed E-state index contributed by atoms with van der Waals surface area (Å²) in [5, 5.41) is 15.3. The monoisotopic (exact) mass is 265 g/mol. The van der Waals surface area contributed by atoms with Crippen LogP contribution in [-0.2, 0) is 6.42 Å². The molecule has 8 heteroatoms. The van der Waals surface area contributed by atoms with Crippen molar-refractivity contribution in [2.75, 3.05) is 18.0 Å². The zero-order valence-electron chi connectivity index (χ0n) is 10.2. The van der Waals surface area contributed by atoms with E-state index in [4.69, 9.17) is 0 Å². The molecule has 0 radical (unpaired) electrons. The molecule has 7 nitrogen and oxygen atoms in total. The number of piperidine rings is 1. The third-order valence-corrected chi connectivity index (χ3v) is 4.01. The number of hydrogen-bond donors (Lipinski definition) is 1. The Hall–Kier alpha value is -1.57. The van der Waals surface area contributed by atoms with Crippen LogP contribution in [0.1, 0.15) is 37.3 Å². The molecule has 96 valence electrons. The quantitative estimate of drug-likeness (QED) is 0.891. The Kier molecular flexibility index (Phi) is 3.18. The Morgan fingerprint density at radius 3 is 3.17 bits per heavy atom. The van der Waals surface area contributed by atoms with Crippen molar-refractivity contribution >= 4 is 16.7 Å². The number of anilines is 1. The fourth-order valence-electron chi connectivity index (χ4n) is 2.22. The van der Waals surface area contributed by atoms with Gasteiger partial charge in [0, 0.05) is 37.0 Å². The van der Waals surface area contributed by atoms with Crippen LogP contribution < -0.4 is 4.90 Å². The van der Waals surface area contributed by atoms with Gasteiger partial charge >= 0.3 is 0 Å². The van der Waals surface area contributed by atoms with Crippen molar-refractivity contribution in [3.8, 4) is 0 Å². The van der Waals surface area contributed by atoms with Crippen LogP contribution in [0.25, 0.3) is 0 Å². The second-order valence-electron chi connectivity index (χ2n) is 4.40. The third-order valence-electron chi connectivity index (χ3n) is 3.19. The van der Waals surface area contributed by atoms with E-state index in [1.807, 2.05) is 0 Å². The van der Waals surface area contributed by atoms with E-state index in [2.05, 4.69) is 41.8 Å². The molecule has 2 aromatic heterocycles. The van der Waals surface area contributed by atoms with E-state index in [1.54, 1.807) is 0 Å². The number of nitrogens with one attached hydrogen (secondary N) is 1. The highest BCUT2D eigenvalue weighted by atomic mass is 32.1. The molecule has 1 atom stereocenters. The summed E-state index contributed by atoms with van der Waals surface area (Å²) in [5.74, 6) is 2.07. The fourth-order valence-corrected chi connectivity index (χ4v) is 3.01. The maximum absolute atomic E-state index is 4.54. The molecule has 3 rings (SSSR count). The first-order valence-electron chi connectivity index (χ1n) is 6.17. The Labute approximate surface area is 109 Å². The molecule has 3 heterocycles. The zero-order valence-corrected chi connectivity index (χ0v) is 11.0. The number of aromatic nitrogens is 6. The van der Waals surface area contributed by atoms with Gasteiger partial charge in [-0.05, 0) is 12.8 Å². The van der Waals surface area contributed by atoms with Crippen LogP contribution in [0.2, 0.25) is 0 Å². The van der Waals surface area contributed by atoms with Gasteiger partial charge in [-0.3, -0.25) is 0 Å². The highest BCUT2D eigenvalue weighted by Crippen LogP contribution is 2.28. The molecule has 1 aliphatic heterocycles. The second kappa shape index (κ2) is 4.97. The van der Waals surface area contributed by atoms with E-state index < -0.39 is 0 Å². The number of H-pyrrole nitrogens is 1. The SMILES string of the molecule is CCc1nsc(N2CCCC(c3nn[nH]n3)C2)n1. The van der Waals surface area contributed by atoms with Crippen molar-refractivity contribution in [3.05, 3.63) is 11.6 Å². The van der Waals surface area contributed by atoms with Gasteiger partial charge in [-0.2, -0.15) is 9.59 Å². The predicted octanol–water partition coefficient (Wildman–Crippen LogP) is 0.998. The Bertz CT molecular complexity index is 494. The summed E-state index contributed by atoms with van der Waals surface area (Å²) in [4.78, 5) is 6.82. The summed E-state index contributed by atoms with van der Waals surface area (Å²) in [6, 6.07) is 0. The van der Waals surface area contributed by atoms with Crippen LogP contribution in [0.15, 0.2) is 0 Å². The summed E-state index contributed by atoms with van der Waals surface area (Å²) in [5.41, 5.74) is 0. The third kappa shape index (κ3) is 2.20. The van der Waals surface area contributed by atoms with Crippen LogP contribution in [-0.4, -0.2) is 43.1 Å². The number of tetrazole rings is 1. The summed E-state index contributed by atoms with van der Waals surface area (Å²) >= 11 is 1.48.